The molecule has 0 saturated heterocycles. The number of hydrogen-bond donors (Lipinski definition) is 2. The topological polar surface area (TPSA) is 75.6 Å². The van der Waals surface area contributed by atoms with E-state index in [0.717, 1.165) is 22.3 Å². The van der Waals surface area contributed by atoms with Crippen molar-refractivity contribution >= 4 is 12.1 Å². The first kappa shape index (κ1) is 19.6. The number of rotatable bonds is 5. The number of fused-ring (bicyclic) bond motifs is 3. The largest absolute Gasteiger partial charge is 0.479 e. The van der Waals surface area contributed by atoms with Gasteiger partial charge in [-0.1, -0.05) is 60.7 Å². The smallest absolute Gasteiger partial charge is 0.408 e. The normalized spacial score (nSPS) is 13.3. The number of carboxylic acids is 1. The minimum absolute atomic E-state index is 0.0780. The Morgan fingerprint density at radius 2 is 1.63 bits per heavy atom. The maximum atomic E-state index is 13.5. The van der Waals surface area contributed by atoms with E-state index in [4.69, 9.17) is 4.74 Å². The number of carbonyl (C=O) groups is 2. The van der Waals surface area contributed by atoms with Crippen molar-refractivity contribution in [1.29, 1.82) is 0 Å². The zero-order valence-electron chi connectivity index (χ0n) is 16.3. The molecule has 0 heterocycles. The average molecular weight is 405 g/mol. The Kier molecular flexibility index (Phi) is 5.23. The summed E-state index contributed by atoms with van der Waals surface area (Å²) in [5.41, 5.74) is 4.91. The summed E-state index contributed by atoms with van der Waals surface area (Å²) in [6.45, 7) is 1.61. The first-order valence-electron chi connectivity index (χ1n) is 9.56. The number of halogens is 1. The van der Waals surface area contributed by atoms with Crippen LogP contribution < -0.4 is 5.32 Å². The summed E-state index contributed by atoms with van der Waals surface area (Å²) in [4.78, 5) is 24.0. The summed E-state index contributed by atoms with van der Waals surface area (Å²) in [6.07, 6.45) is -0.841. The van der Waals surface area contributed by atoms with Crippen LogP contribution in [0.15, 0.2) is 66.7 Å². The number of nitrogens with one attached hydrogen (secondary N) is 1. The van der Waals surface area contributed by atoms with Crippen molar-refractivity contribution in [2.75, 3.05) is 6.61 Å². The summed E-state index contributed by atoms with van der Waals surface area (Å²) in [5.74, 6) is -1.82. The standard InChI is InChI=1S/C24H20FNO4/c1-14-12-15(10-11-21(14)25)22(23(27)28)26-24(29)30-13-20-18-8-4-2-6-16(18)17-7-3-5-9-19(17)20/h2-12,20,22H,13H2,1H3,(H,26,29)(H,27,28). The second-order valence-corrected chi connectivity index (χ2v) is 7.25. The number of aliphatic carboxylic acids is 1. The third kappa shape index (κ3) is 3.64. The van der Waals surface area contributed by atoms with E-state index in [1.165, 1.54) is 25.1 Å². The Morgan fingerprint density at radius 3 is 2.20 bits per heavy atom. The van der Waals surface area contributed by atoms with E-state index in [0.29, 0.717) is 5.56 Å². The Morgan fingerprint density at radius 1 is 1.03 bits per heavy atom. The molecule has 0 spiro atoms. The van der Waals surface area contributed by atoms with E-state index in [2.05, 4.69) is 5.32 Å². The Hall–Kier alpha value is -3.67. The number of alkyl carbamates (subject to hydrolysis) is 1. The van der Waals surface area contributed by atoms with Crippen molar-refractivity contribution < 1.29 is 23.8 Å². The van der Waals surface area contributed by atoms with Crippen LogP contribution in [0, 0.1) is 12.7 Å². The van der Waals surface area contributed by atoms with Crippen molar-refractivity contribution in [3.05, 3.63) is 94.8 Å². The molecule has 3 aromatic rings. The average Bonchev–Trinajstić information content (AvgIpc) is 3.06. The molecule has 30 heavy (non-hydrogen) atoms. The van der Waals surface area contributed by atoms with Crippen LogP contribution in [0.1, 0.15) is 34.2 Å². The van der Waals surface area contributed by atoms with Crippen LogP contribution >= 0.6 is 0 Å². The van der Waals surface area contributed by atoms with Crippen LogP contribution in [0.5, 0.6) is 0 Å². The molecule has 0 fully saturated rings. The maximum Gasteiger partial charge on any atom is 0.408 e. The molecule has 6 heteroatoms. The van der Waals surface area contributed by atoms with E-state index < -0.39 is 23.9 Å². The highest BCUT2D eigenvalue weighted by atomic mass is 19.1. The lowest BCUT2D eigenvalue weighted by atomic mass is 9.98. The van der Waals surface area contributed by atoms with Gasteiger partial charge >= 0.3 is 12.1 Å². The fraction of sp³-hybridized carbons (Fsp3) is 0.167. The number of hydrogen-bond acceptors (Lipinski definition) is 3. The predicted molar refractivity (Wildman–Crippen MR) is 110 cm³/mol. The Balaban J connectivity index is 1.49. The van der Waals surface area contributed by atoms with E-state index in [1.54, 1.807) is 0 Å². The Labute approximate surface area is 173 Å². The van der Waals surface area contributed by atoms with Gasteiger partial charge < -0.3 is 15.2 Å². The fourth-order valence-corrected chi connectivity index (χ4v) is 3.89. The number of ether oxygens (including phenoxy) is 1. The van der Waals surface area contributed by atoms with Crippen LogP contribution in [0.3, 0.4) is 0 Å². The molecule has 1 aliphatic carbocycles. The molecular weight excluding hydrogens is 385 g/mol. The highest BCUT2D eigenvalue weighted by Crippen LogP contribution is 2.44. The molecule has 1 aliphatic rings. The fourth-order valence-electron chi connectivity index (χ4n) is 3.89. The summed E-state index contributed by atoms with van der Waals surface area (Å²) in [6, 6.07) is 18.5. The van der Waals surface area contributed by atoms with E-state index >= 15 is 0 Å². The molecule has 4 rings (SSSR count). The minimum Gasteiger partial charge on any atom is -0.479 e. The molecule has 1 amide bonds. The molecule has 1 unspecified atom stereocenters. The molecule has 5 nitrogen and oxygen atoms in total. The molecule has 0 bridgehead atoms. The van der Waals surface area contributed by atoms with E-state index in [-0.39, 0.29) is 18.1 Å². The van der Waals surface area contributed by atoms with Crippen LogP contribution in [0.4, 0.5) is 9.18 Å². The van der Waals surface area contributed by atoms with Crippen LogP contribution in [0.25, 0.3) is 11.1 Å². The number of benzene rings is 3. The van der Waals surface area contributed by atoms with Gasteiger partial charge in [0.2, 0.25) is 0 Å². The van der Waals surface area contributed by atoms with Gasteiger partial charge in [-0.25, -0.2) is 14.0 Å². The molecule has 152 valence electrons. The summed E-state index contributed by atoms with van der Waals surface area (Å²) >= 11 is 0. The molecule has 0 radical (unpaired) electrons. The van der Waals surface area contributed by atoms with Gasteiger partial charge in [-0.15, -0.1) is 0 Å². The number of amides is 1. The van der Waals surface area contributed by atoms with Crippen molar-refractivity contribution in [3.63, 3.8) is 0 Å². The molecule has 0 aliphatic heterocycles. The zero-order valence-corrected chi connectivity index (χ0v) is 16.3. The van der Waals surface area contributed by atoms with Crippen molar-refractivity contribution in [2.45, 2.75) is 18.9 Å². The number of aryl methyl sites for hydroxylation is 1. The predicted octanol–water partition coefficient (Wildman–Crippen LogP) is 4.80. The van der Waals surface area contributed by atoms with Gasteiger partial charge in [-0.3, -0.25) is 0 Å². The van der Waals surface area contributed by atoms with Crippen molar-refractivity contribution in [3.8, 4) is 11.1 Å². The lowest BCUT2D eigenvalue weighted by Crippen LogP contribution is -2.35. The summed E-state index contributed by atoms with van der Waals surface area (Å²) in [7, 11) is 0. The quantitative estimate of drug-likeness (QED) is 0.639. The van der Waals surface area contributed by atoms with Crippen LogP contribution in [-0.2, 0) is 9.53 Å². The minimum atomic E-state index is -1.33. The first-order chi connectivity index (χ1) is 14.5. The summed E-state index contributed by atoms with van der Waals surface area (Å²) < 4.78 is 18.9. The van der Waals surface area contributed by atoms with E-state index in [9.17, 15) is 19.1 Å². The third-order valence-corrected chi connectivity index (χ3v) is 5.37. The maximum absolute atomic E-state index is 13.5. The lowest BCUT2D eigenvalue weighted by molar-refractivity contribution is -0.139. The summed E-state index contributed by atoms with van der Waals surface area (Å²) in [5, 5.41) is 11.9. The molecule has 2 N–H and O–H groups in total. The van der Waals surface area contributed by atoms with Crippen molar-refractivity contribution in [1.82, 2.24) is 5.32 Å². The lowest BCUT2D eigenvalue weighted by Gasteiger charge is -2.18. The monoisotopic (exact) mass is 405 g/mol. The number of carbonyl (C=O) groups excluding carboxylic acids is 1. The Bertz CT molecular complexity index is 1080. The highest BCUT2D eigenvalue weighted by molar-refractivity contribution is 5.82. The van der Waals surface area contributed by atoms with Gasteiger partial charge in [0.1, 0.15) is 12.4 Å². The molecule has 3 aromatic carbocycles. The third-order valence-electron chi connectivity index (χ3n) is 5.37. The molecular formula is C24H20FNO4. The zero-order chi connectivity index (χ0) is 21.3. The molecule has 0 saturated carbocycles. The first-order valence-corrected chi connectivity index (χ1v) is 9.56. The molecule has 1 atom stereocenters. The SMILES string of the molecule is Cc1cc(C(NC(=O)OCC2c3ccccc3-c3ccccc32)C(=O)O)ccc1F. The van der Waals surface area contributed by atoms with Crippen LogP contribution in [-0.4, -0.2) is 23.8 Å². The van der Waals surface area contributed by atoms with Crippen molar-refractivity contribution in [2.24, 2.45) is 0 Å². The van der Waals surface area contributed by atoms with E-state index in [1.807, 2.05) is 48.5 Å². The highest BCUT2D eigenvalue weighted by Gasteiger charge is 2.30. The van der Waals surface area contributed by atoms with Gasteiger partial charge in [-0.2, -0.15) is 0 Å². The second-order valence-electron chi connectivity index (χ2n) is 7.25. The van der Waals surface area contributed by atoms with Crippen LogP contribution in [0.2, 0.25) is 0 Å². The van der Waals surface area contributed by atoms with Gasteiger partial charge in [0, 0.05) is 5.92 Å². The second kappa shape index (κ2) is 7.99. The molecule has 0 aromatic heterocycles. The number of carboxylic acid groups (broad SMARTS) is 1. The van der Waals surface area contributed by atoms with Gasteiger partial charge in [-0.05, 0) is 46.4 Å². The van der Waals surface area contributed by atoms with Gasteiger partial charge in [0.15, 0.2) is 6.04 Å². The van der Waals surface area contributed by atoms with Gasteiger partial charge in [0.05, 0.1) is 0 Å². The van der Waals surface area contributed by atoms with Gasteiger partial charge in [0.25, 0.3) is 0 Å².